The van der Waals surface area contributed by atoms with Crippen LogP contribution in [-0.2, 0) is 10.2 Å². The lowest BCUT2D eigenvalue weighted by Gasteiger charge is -2.25. The SMILES string of the molecule is CCN(CC)C(=O)C1(c2ccc(Cl)cc2F)CC1. The molecule has 0 aliphatic heterocycles. The third kappa shape index (κ3) is 2.12. The number of benzene rings is 1. The van der Waals surface area contributed by atoms with E-state index in [1.165, 1.54) is 6.07 Å². The lowest BCUT2D eigenvalue weighted by molar-refractivity contribution is -0.133. The Hall–Kier alpha value is -1.09. The highest BCUT2D eigenvalue weighted by molar-refractivity contribution is 6.30. The van der Waals surface area contributed by atoms with E-state index in [0.717, 1.165) is 12.8 Å². The molecule has 0 spiro atoms. The van der Waals surface area contributed by atoms with Crippen molar-refractivity contribution in [1.29, 1.82) is 0 Å². The van der Waals surface area contributed by atoms with Crippen LogP contribution in [0.3, 0.4) is 0 Å². The smallest absolute Gasteiger partial charge is 0.233 e. The second-order valence-electron chi connectivity index (χ2n) is 4.68. The molecule has 0 N–H and O–H groups in total. The monoisotopic (exact) mass is 269 g/mol. The predicted molar refractivity (Wildman–Crippen MR) is 70.3 cm³/mol. The maximum absolute atomic E-state index is 14.0. The standard InChI is InChI=1S/C14H17ClFNO/c1-3-17(4-2)13(18)14(7-8-14)11-6-5-10(15)9-12(11)16/h5-6,9H,3-4,7-8H2,1-2H3. The van der Waals surface area contributed by atoms with Crippen molar-refractivity contribution in [2.75, 3.05) is 13.1 Å². The lowest BCUT2D eigenvalue weighted by Crippen LogP contribution is -2.39. The van der Waals surface area contributed by atoms with Crippen molar-refractivity contribution in [2.24, 2.45) is 0 Å². The maximum atomic E-state index is 14.0. The van der Waals surface area contributed by atoms with Gasteiger partial charge in [0.2, 0.25) is 5.91 Å². The van der Waals surface area contributed by atoms with E-state index in [0.29, 0.717) is 23.7 Å². The summed E-state index contributed by atoms with van der Waals surface area (Å²) in [5.74, 6) is -0.339. The number of rotatable bonds is 4. The summed E-state index contributed by atoms with van der Waals surface area (Å²) < 4.78 is 14.0. The van der Waals surface area contributed by atoms with Gasteiger partial charge in [-0.15, -0.1) is 0 Å². The molecule has 1 saturated carbocycles. The van der Waals surface area contributed by atoms with Crippen molar-refractivity contribution in [3.05, 3.63) is 34.6 Å². The van der Waals surface area contributed by atoms with Gasteiger partial charge in [0.25, 0.3) is 0 Å². The molecule has 0 radical (unpaired) electrons. The number of carbonyl (C=O) groups excluding carboxylic acids is 1. The van der Waals surface area contributed by atoms with Gasteiger partial charge >= 0.3 is 0 Å². The summed E-state index contributed by atoms with van der Waals surface area (Å²) in [6, 6.07) is 4.58. The van der Waals surface area contributed by atoms with Crippen LogP contribution in [0.2, 0.25) is 5.02 Å². The van der Waals surface area contributed by atoms with E-state index in [1.54, 1.807) is 17.0 Å². The van der Waals surface area contributed by atoms with Crippen LogP contribution >= 0.6 is 11.6 Å². The number of carbonyl (C=O) groups is 1. The first kappa shape index (κ1) is 13.3. The number of likely N-dealkylation sites (N-methyl/N-ethyl adjacent to an activating group) is 1. The van der Waals surface area contributed by atoms with Gasteiger partial charge in [-0.3, -0.25) is 4.79 Å². The summed E-state index contributed by atoms with van der Waals surface area (Å²) in [6.07, 6.45) is 1.45. The molecule has 2 nitrogen and oxygen atoms in total. The Bertz CT molecular complexity index is 467. The van der Waals surface area contributed by atoms with Crippen LogP contribution in [0, 0.1) is 5.82 Å². The molecule has 0 bridgehead atoms. The first-order valence-electron chi connectivity index (χ1n) is 6.30. The molecule has 1 aliphatic rings. The molecule has 1 aliphatic carbocycles. The van der Waals surface area contributed by atoms with E-state index in [-0.39, 0.29) is 11.7 Å². The first-order chi connectivity index (χ1) is 8.55. The largest absolute Gasteiger partial charge is 0.342 e. The fourth-order valence-electron chi connectivity index (χ4n) is 2.41. The van der Waals surface area contributed by atoms with Gasteiger partial charge in [0.1, 0.15) is 5.82 Å². The molecule has 1 aromatic carbocycles. The van der Waals surface area contributed by atoms with Crippen molar-refractivity contribution in [2.45, 2.75) is 32.1 Å². The van der Waals surface area contributed by atoms with Crippen LogP contribution in [0.25, 0.3) is 0 Å². The summed E-state index contributed by atoms with van der Waals surface area (Å²) in [4.78, 5) is 14.2. The van der Waals surface area contributed by atoms with Gasteiger partial charge in [-0.05, 0) is 38.8 Å². The predicted octanol–water partition coefficient (Wildman–Crippen LogP) is 3.38. The third-order valence-electron chi connectivity index (χ3n) is 3.66. The minimum atomic E-state index is -0.638. The zero-order valence-corrected chi connectivity index (χ0v) is 11.4. The van der Waals surface area contributed by atoms with Crippen LogP contribution in [0.4, 0.5) is 4.39 Å². The Balaban J connectivity index is 2.34. The highest BCUT2D eigenvalue weighted by Gasteiger charge is 2.53. The fourth-order valence-corrected chi connectivity index (χ4v) is 2.57. The molecule has 1 amide bonds. The molecule has 0 atom stereocenters. The number of nitrogens with zero attached hydrogens (tertiary/aromatic N) is 1. The number of amides is 1. The van der Waals surface area contributed by atoms with Crippen LogP contribution in [0.1, 0.15) is 32.3 Å². The molecule has 0 saturated heterocycles. The normalized spacial score (nSPS) is 16.4. The van der Waals surface area contributed by atoms with E-state index >= 15 is 0 Å². The van der Waals surface area contributed by atoms with Crippen LogP contribution < -0.4 is 0 Å². The van der Waals surface area contributed by atoms with Gasteiger partial charge in [0, 0.05) is 23.7 Å². The highest BCUT2D eigenvalue weighted by atomic mass is 35.5. The van der Waals surface area contributed by atoms with Gasteiger partial charge in [-0.1, -0.05) is 17.7 Å². The minimum Gasteiger partial charge on any atom is -0.342 e. The summed E-state index contributed by atoms with van der Waals surface area (Å²) >= 11 is 5.75. The van der Waals surface area contributed by atoms with Gasteiger partial charge < -0.3 is 4.90 Å². The molecule has 0 unspecified atom stereocenters. The summed E-state index contributed by atoms with van der Waals surface area (Å²) in [5.41, 5.74) is -0.149. The average Bonchev–Trinajstić information content (AvgIpc) is 3.11. The summed E-state index contributed by atoms with van der Waals surface area (Å²) in [6.45, 7) is 5.20. The van der Waals surface area contributed by atoms with Gasteiger partial charge in [-0.25, -0.2) is 4.39 Å². The Morgan fingerprint density at radius 2 is 2.00 bits per heavy atom. The zero-order valence-electron chi connectivity index (χ0n) is 10.7. The van der Waals surface area contributed by atoms with Crippen molar-refractivity contribution >= 4 is 17.5 Å². The lowest BCUT2D eigenvalue weighted by atomic mass is 9.93. The minimum absolute atomic E-state index is 0.0359. The molecule has 18 heavy (non-hydrogen) atoms. The first-order valence-corrected chi connectivity index (χ1v) is 6.68. The molecule has 98 valence electrons. The quantitative estimate of drug-likeness (QED) is 0.821. The van der Waals surface area contributed by atoms with Crippen LogP contribution in [0.5, 0.6) is 0 Å². The van der Waals surface area contributed by atoms with E-state index in [2.05, 4.69) is 0 Å². The Kier molecular flexibility index (Phi) is 3.62. The van der Waals surface area contributed by atoms with Gasteiger partial charge in [0.05, 0.1) is 5.41 Å². The fraction of sp³-hybridized carbons (Fsp3) is 0.500. The molecule has 0 heterocycles. The molecular weight excluding hydrogens is 253 g/mol. The summed E-state index contributed by atoms with van der Waals surface area (Å²) in [5, 5.41) is 0.363. The van der Waals surface area contributed by atoms with E-state index in [9.17, 15) is 9.18 Å². The Morgan fingerprint density at radius 3 is 2.44 bits per heavy atom. The van der Waals surface area contributed by atoms with Crippen LogP contribution in [0.15, 0.2) is 18.2 Å². The number of hydrogen-bond acceptors (Lipinski definition) is 1. The van der Waals surface area contributed by atoms with E-state index < -0.39 is 5.41 Å². The second-order valence-corrected chi connectivity index (χ2v) is 5.12. The molecule has 1 fully saturated rings. The van der Waals surface area contributed by atoms with Crippen LogP contribution in [-0.4, -0.2) is 23.9 Å². The number of hydrogen-bond donors (Lipinski definition) is 0. The van der Waals surface area contributed by atoms with Crippen molar-refractivity contribution in [3.8, 4) is 0 Å². The molecule has 2 rings (SSSR count). The van der Waals surface area contributed by atoms with E-state index in [4.69, 9.17) is 11.6 Å². The third-order valence-corrected chi connectivity index (χ3v) is 3.89. The average molecular weight is 270 g/mol. The molecule has 4 heteroatoms. The van der Waals surface area contributed by atoms with Gasteiger partial charge in [-0.2, -0.15) is 0 Å². The van der Waals surface area contributed by atoms with Gasteiger partial charge in [0.15, 0.2) is 0 Å². The zero-order chi connectivity index (χ0) is 13.3. The molecule has 0 aromatic heterocycles. The highest BCUT2D eigenvalue weighted by Crippen LogP contribution is 2.50. The van der Waals surface area contributed by atoms with Crippen molar-refractivity contribution in [3.63, 3.8) is 0 Å². The second kappa shape index (κ2) is 4.88. The maximum Gasteiger partial charge on any atom is 0.233 e. The Labute approximate surface area is 112 Å². The topological polar surface area (TPSA) is 20.3 Å². The van der Waals surface area contributed by atoms with E-state index in [1.807, 2.05) is 13.8 Å². The number of halogens is 2. The Morgan fingerprint density at radius 1 is 1.39 bits per heavy atom. The van der Waals surface area contributed by atoms with Crippen molar-refractivity contribution < 1.29 is 9.18 Å². The summed E-state index contributed by atoms with van der Waals surface area (Å²) in [7, 11) is 0. The van der Waals surface area contributed by atoms with Crippen molar-refractivity contribution in [1.82, 2.24) is 4.90 Å². The molecular formula is C14H17ClFNO. The molecule has 1 aromatic rings.